The molecule has 7 nitrogen and oxygen atoms in total. The van der Waals surface area contributed by atoms with Crippen LogP contribution < -0.4 is 5.73 Å². The van der Waals surface area contributed by atoms with Gasteiger partial charge in [0.1, 0.15) is 5.69 Å². The fourth-order valence-corrected chi connectivity index (χ4v) is 3.18. The average Bonchev–Trinajstić information content (AvgIpc) is 3.14. The quantitative estimate of drug-likeness (QED) is 0.765. The average molecular weight is 288 g/mol. The molecule has 0 bridgehead atoms. The van der Waals surface area contributed by atoms with Crippen LogP contribution in [0.1, 0.15) is 18.2 Å². The van der Waals surface area contributed by atoms with Gasteiger partial charge in [0.25, 0.3) is 0 Å². The van der Waals surface area contributed by atoms with E-state index in [0.717, 1.165) is 28.8 Å². The van der Waals surface area contributed by atoms with Crippen LogP contribution in [-0.4, -0.2) is 38.0 Å². The number of hydrogen-bond acceptors (Lipinski definition) is 7. The smallest absolute Gasteiger partial charge is 0.235 e. The Kier molecular flexibility index (Phi) is 2.64. The summed E-state index contributed by atoms with van der Waals surface area (Å²) in [6.07, 6.45) is 2.67. The lowest BCUT2D eigenvalue weighted by molar-refractivity contribution is 0.193. The Bertz CT molecular complexity index is 760. The second-order valence-electron chi connectivity index (χ2n) is 4.66. The highest BCUT2D eigenvalue weighted by Crippen LogP contribution is 2.30. The molecule has 20 heavy (non-hydrogen) atoms. The van der Waals surface area contributed by atoms with Crippen molar-refractivity contribution in [2.24, 2.45) is 0 Å². The lowest BCUT2D eigenvalue weighted by Crippen LogP contribution is -2.05. The summed E-state index contributed by atoms with van der Waals surface area (Å²) in [6, 6.07) is 3.62. The van der Waals surface area contributed by atoms with E-state index in [1.807, 2.05) is 6.07 Å². The molecule has 0 spiro atoms. The van der Waals surface area contributed by atoms with Crippen LogP contribution in [0.25, 0.3) is 15.7 Å². The van der Waals surface area contributed by atoms with Gasteiger partial charge in [0, 0.05) is 18.7 Å². The van der Waals surface area contributed by atoms with Crippen molar-refractivity contribution in [3.63, 3.8) is 0 Å². The summed E-state index contributed by atoms with van der Waals surface area (Å²) in [4.78, 5) is 5.04. The fraction of sp³-hybridized carbons (Fsp3) is 0.333. The van der Waals surface area contributed by atoms with E-state index in [0.29, 0.717) is 18.0 Å². The first kappa shape index (κ1) is 11.7. The van der Waals surface area contributed by atoms with Gasteiger partial charge in [-0.2, -0.15) is 9.61 Å². The molecule has 0 saturated carbocycles. The maximum atomic E-state index is 5.94. The molecule has 0 radical (unpaired) electrons. The summed E-state index contributed by atoms with van der Waals surface area (Å²) in [6.45, 7) is 1.45. The second kappa shape index (κ2) is 4.50. The van der Waals surface area contributed by atoms with Gasteiger partial charge in [-0.05, 0) is 18.6 Å². The van der Waals surface area contributed by atoms with Gasteiger partial charge >= 0.3 is 0 Å². The van der Waals surface area contributed by atoms with Gasteiger partial charge in [-0.25, -0.2) is 0 Å². The molecular formula is C12H12N6OS. The van der Waals surface area contributed by atoms with E-state index in [2.05, 4.69) is 20.3 Å². The summed E-state index contributed by atoms with van der Waals surface area (Å²) < 4.78 is 7.19. The Morgan fingerprint density at radius 2 is 2.35 bits per heavy atom. The number of hydrogen-bond donors (Lipinski definition) is 1. The number of rotatable bonds is 2. The molecule has 0 aliphatic carbocycles. The molecule has 3 aromatic heterocycles. The zero-order valence-corrected chi connectivity index (χ0v) is 11.4. The normalized spacial score (nSPS) is 18.9. The molecule has 1 aliphatic rings. The standard InChI is InChI=1S/C12H12N6OS/c13-8-2-1-4-14-9(8)11-17-18-10(7-3-5-19-6-7)15-16-12(18)20-11/h1-2,4,7H,3,5-6,13H2. The number of nitrogen functional groups attached to an aromatic ring is 1. The van der Waals surface area contributed by atoms with E-state index >= 15 is 0 Å². The molecule has 1 fully saturated rings. The van der Waals surface area contributed by atoms with E-state index in [1.54, 1.807) is 16.8 Å². The first-order valence-electron chi connectivity index (χ1n) is 6.33. The summed E-state index contributed by atoms with van der Waals surface area (Å²) >= 11 is 1.44. The third-order valence-electron chi connectivity index (χ3n) is 3.35. The highest BCUT2D eigenvalue weighted by molar-refractivity contribution is 7.19. The van der Waals surface area contributed by atoms with Crippen LogP contribution in [0, 0.1) is 0 Å². The van der Waals surface area contributed by atoms with Gasteiger partial charge in [0.2, 0.25) is 4.96 Å². The maximum absolute atomic E-state index is 5.94. The predicted molar refractivity (Wildman–Crippen MR) is 74.5 cm³/mol. The van der Waals surface area contributed by atoms with Gasteiger partial charge in [-0.3, -0.25) is 4.98 Å². The van der Waals surface area contributed by atoms with E-state index < -0.39 is 0 Å². The van der Waals surface area contributed by atoms with Crippen LogP contribution in [0.3, 0.4) is 0 Å². The first-order valence-corrected chi connectivity index (χ1v) is 7.15. The van der Waals surface area contributed by atoms with Crippen LogP contribution in [0.5, 0.6) is 0 Å². The molecular weight excluding hydrogens is 276 g/mol. The number of nitrogens with two attached hydrogens (primary N) is 1. The molecule has 8 heteroatoms. The van der Waals surface area contributed by atoms with Crippen LogP contribution in [0.15, 0.2) is 18.3 Å². The number of fused-ring (bicyclic) bond motifs is 1. The Morgan fingerprint density at radius 1 is 1.40 bits per heavy atom. The molecule has 0 aromatic carbocycles. The predicted octanol–water partition coefficient (Wildman–Crippen LogP) is 1.33. The van der Waals surface area contributed by atoms with Crippen molar-refractivity contribution in [2.75, 3.05) is 18.9 Å². The minimum absolute atomic E-state index is 0.265. The Morgan fingerprint density at radius 3 is 3.15 bits per heavy atom. The monoisotopic (exact) mass is 288 g/mol. The summed E-state index contributed by atoms with van der Waals surface area (Å²) in [5, 5.41) is 13.7. The number of nitrogens with zero attached hydrogens (tertiary/aromatic N) is 5. The fourth-order valence-electron chi connectivity index (χ4n) is 2.32. The van der Waals surface area contributed by atoms with Crippen molar-refractivity contribution < 1.29 is 4.74 Å². The summed E-state index contributed by atoms with van der Waals surface area (Å²) in [5.41, 5.74) is 7.25. The maximum Gasteiger partial charge on any atom is 0.235 e. The molecule has 102 valence electrons. The van der Waals surface area contributed by atoms with Crippen molar-refractivity contribution >= 4 is 22.0 Å². The van der Waals surface area contributed by atoms with Crippen LogP contribution >= 0.6 is 11.3 Å². The third kappa shape index (κ3) is 1.76. The van der Waals surface area contributed by atoms with Crippen molar-refractivity contribution in [1.82, 2.24) is 24.8 Å². The van der Waals surface area contributed by atoms with Gasteiger partial charge < -0.3 is 10.5 Å². The minimum Gasteiger partial charge on any atom is -0.397 e. The minimum atomic E-state index is 0.265. The summed E-state index contributed by atoms with van der Waals surface area (Å²) in [7, 11) is 0. The summed E-state index contributed by atoms with van der Waals surface area (Å²) in [5.74, 6) is 1.12. The molecule has 2 N–H and O–H groups in total. The van der Waals surface area contributed by atoms with Crippen molar-refractivity contribution in [1.29, 1.82) is 0 Å². The van der Waals surface area contributed by atoms with Gasteiger partial charge in [0.15, 0.2) is 10.8 Å². The molecule has 4 rings (SSSR count). The molecule has 4 heterocycles. The molecule has 1 atom stereocenters. The van der Waals surface area contributed by atoms with Gasteiger partial charge in [-0.1, -0.05) is 11.3 Å². The Labute approximate surface area is 118 Å². The first-order chi connectivity index (χ1) is 9.83. The van der Waals surface area contributed by atoms with Gasteiger partial charge in [-0.15, -0.1) is 10.2 Å². The van der Waals surface area contributed by atoms with Crippen molar-refractivity contribution in [2.45, 2.75) is 12.3 Å². The molecule has 3 aromatic rings. The van der Waals surface area contributed by atoms with Crippen molar-refractivity contribution in [3.05, 3.63) is 24.2 Å². The lowest BCUT2D eigenvalue weighted by Gasteiger charge is -2.02. The highest BCUT2D eigenvalue weighted by atomic mass is 32.1. The highest BCUT2D eigenvalue weighted by Gasteiger charge is 2.25. The largest absolute Gasteiger partial charge is 0.397 e. The van der Waals surface area contributed by atoms with E-state index in [9.17, 15) is 0 Å². The number of aromatic nitrogens is 5. The number of ether oxygens (including phenoxy) is 1. The molecule has 1 saturated heterocycles. The molecule has 0 amide bonds. The number of anilines is 1. The van der Waals surface area contributed by atoms with E-state index in [1.165, 1.54) is 11.3 Å². The molecule has 1 unspecified atom stereocenters. The van der Waals surface area contributed by atoms with Crippen molar-refractivity contribution in [3.8, 4) is 10.7 Å². The topological polar surface area (TPSA) is 91.2 Å². The zero-order chi connectivity index (χ0) is 13.5. The SMILES string of the molecule is Nc1cccnc1-c1nn2c(C3CCOC3)nnc2s1. The van der Waals surface area contributed by atoms with Crippen LogP contribution in [0.4, 0.5) is 5.69 Å². The lowest BCUT2D eigenvalue weighted by atomic mass is 10.1. The van der Waals surface area contributed by atoms with Gasteiger partial charge in [0.05, 0.1) is 12.3 Å². The molecule has 1 aliphatic heterocycles. The number of pyridine rings is 1. The van der Waals surface area contributed by atoms with E-state index in [-0.39, 0.29) is 5.92 Å². The van der Waals surface area contributed by atoms with Crippen LogP contribution in [0.2, 0.25) is 0 Å². The Balaban J connectivity index is 1.81. The van der Waals surface area contributed by atoms with E-state index in [4.69, 9.17) is 10.5 Å². The zero-order valence-electron chi connectivity index (χ0n) is 10.6. The van der Waals surface area contributed by atoms with Crippen LogP contribution in [-0.2, 0) is 4.74 Å². The Hall–Kier alpha value is -2.06. The second-order valence-corrected chi connectivity index (χ2v) is 5.62. The third-order valence-corrected chi connectivity index (χ3v) is 4.26.